The smallest absolute Gasteiger partial charge is 0.315 e. The van der Waals surface area contributed by atoms with Crippen LogP contribution in [0.5, 0.6) is 0 Å². The Kier molecular flexibility index (Phi) is 2.91. The van der Waals surface area contributed by atoms with Gasteiger partial charge in [0.1, 0.15) is 0 Å². The number of urea groups is 1. The van der Waals surface area contributed by atoms with Crippen molar-refractivity contribution in [1.29, 1.82) is 0 Å². The van der Waals surface area contributed by atoms with Crippen molar-refractivity contribution < 1.29 is 4.79 Å². The van der Waals surface area contributed by atoms with Gasteiger partial charge in [0.2, 0.25) is 0 Å². The summed E-state index contributed by atoms with van der Waals surface area (Å²) in [6.07, 6.45) is 5.98. The van der Waals surface area contributed by atoms with Crippen LogP contribution in [0, 0.1) is 0 Å². The highest BCUT2D eigenvalue weighted by Crippen LogP contribution is 2.27. The average molecular weight is 197 g/mol. The molecule has 1 saturated heterocycles. The summed E-state index contributed by atoms with van der Waals surface area (Å²) in [5, 5.41) is 3.44. The lowest BCUT2D eigenvalue weighted by Gasteiger charge is -2.29. The number of rotatable bonds is 3. The first-order valence-corrected chi connectivity index (χ1v) is 5.57. The Morgan fingerprint density at radius 2 is 2.14 bits per heavy atom. The van der Waals surface area contributed by atoms with Gasteiger partial charge in [-0.3, -0.25) is 0 Å². The van der Waals surface area contributed by atoms with Gasteiger partial charge in [-0.1, -0.05) is 6.42 Å². The van der Waals surface area contributed by atoms with Gasteiger partial charge in [0.25, 0.3) is 0 Å². The van der Waals surface area contributed by atoms with Crippen LogP contribution in [0.3, 0.4) is 0 Å². The molecule has 4 heteroatoms. The van der Waals surface area contributed by atoms with Gasteiger partial charge in [-0.15, -0.1) is 0 Å². The van der Waals surface area contributed by atoms with E-state index in [0.717, 1.165) is 25.9 Å². The van der Waals surface area contributed by atoms with Crippen LogP contribution >= 0.6 is 0 Å². The Labute approximate surface area is 84.8 Å². The largest absolute Gasteiger partial charge is 0.351 e. The van der Waals surface area contributed by atoms with E-state index < -0.39 is 0 Å². The molecule has 1 heterocycles. The van der Waals surface area contributed by atoms with Crippen molar-refractivity contribution in [3.63, 3.8) is 0 Å². The second-order valence-corrected chi connectivity index (χ2v) is 4.37. The van der Waals surface area contributed by atoms with E-state index in [4.69, 9.17) is 5.73 Å². The van der Waals surface area contributed by atoms with E-state index >= 15 is 0 Å². The van der Waals surface area contributed by atoms with E-state index in [2.05, 4.69) is 5.32 Å². The van der Waals surface area contributed by atoms with Crippen LogP contribution in [0.25, 0.3) is 0 Å². The van der Waals surface area contributed by atoms with Gasteiger partial charge in [0, 0.05) is 18.6 Å². The van der Waals surface area contributed by atoms with Gasteiger partial charge in [0.05, 0.1) is 0 Å². The van der Waals surface area contributed by atoms with Crippen molar-refractivity contribution in [2.75, 3.05) is 13.1 Å². The number of hydrogen-bond acceptors (Lipinski definition) is 2. The third kappa shape index (κ3) is 2.38. The molecule has 0 aromatic carbocycles. The normalized spacial score (nSPS) is 27.3. The highest BCUT2D eigenvalue weighted by Gasteiger charge is 2.32. The molecule has 0 bridgehead atoms. The third-order valence-electron chi connectivity index (χ3n) is 3.10. The summed E-state index contributed by atoms with van der Waals surface area (Å²) < 4.78 is 0. The summed E-state index contributed by atoms with van der Waals surface area (Å²) in [6, 6.07) is 0.660. The van der Waals surface area contributed by atoms with E-state index in [1.807, 2.05) is 4.90 Å². The highest BCUT2D eigenvalue weighted by atomic mass is 16.2. The van der Waals surface area contributed by atoms with E-state index in [1.165, 1.54) is 19.3 Å². The van der Waals surface area contributed by atoms with Crippen LogP contribution in [0.15, 0.2) is 0 Å². The maximum Gasteiger partial charge on any atom is 0.315 e. The fourth-order valence-corrected chi connectivity index (χ4v) is 2.12. The molecule has 4 nitrogen and oxygen atoms in total. The first-order valence-electron chi connectivity index (χ1n) is 5.57. The van der Waals surface area contributed by atoms with Crippen molar-refractivity contribution >= 4 is 6.03 Å². The van der Waals surface area contributed by atoms with Gasteiger partial charge >= 0.3 is 6.03 Å². The molecular formula is C10H19N3O. The fourth-order valence-electron chi connectivity index (χ4n) is 2.12. The summed E-state index contributed by atoms with van der Waals surface area (Å²) in [5.74, 6) is 0. The molecule has 0 radical (unpaired) electrons. The molecule has 1 saturated carbocycles. The number of piperidine rings is 1. The zero-order chi connectivity index (χ0) is 9.97. The molecule has 1 aliphatic heterocycles. The van der Waals surface area contributed by atoms with Crippen LogP contribution < -0.4 is 11.1 Å². The van der Waals surface area contributed by atoms with Crippen molar-refractivity contribution in [2.45, 2.75) is 44.2 Å². The van der Waals surface area contributed by atoms with Gasteiger partial charge in [-0.25, -0.2) is 4.79 Å². The summed E-state index contributed by atoms with van der Waals surface area (Å²) in [5.41, 5.74) is 5.35. The molecule has 3 N–H and O–H groups in total. The number of primary amides is 1. The predicted molar refractivity (Wildman–Crippen MR) is 55.0 cm³/mol. The molecule has 0 aromatic heterocycles. The van der Waals surface area contributed by atoms with Gasteiger partial charge in [0.15, 0.2) is 0 Å². The number of carbonyl (C=O) groups excluding carboxylic acids is 1. The molecular weight excluding hydrogens is 178 g/mol. The number of carbonyl (C=O) groups is 1. The average Bonchev–Trinajstić information content (AvgIpc) is 2.99. The van der Waals surface area contributed by atoms with Crippen LogP contribution in [-0.2, 0) is 0 Å². The molecule has 0 spiro atoms. The standard InChI is InChI=1S/C10H19N3O/c11-10(14)13(9-4-5-9)7-8-3-1-2-6-12-8/h8-9,12H,1-7H2,(H2,11,14). The number of hydrogen-bond donors (Lipinski definition) is 2. The molecule has 2 fully saturated rings. The summed E-state index contributed by atoms with van der Waals surface area (Å²) in [7, 11) is 0. The molecule has 2 amide bonds. The fraction of sp³-hybridized carbons (Fsp3) is 0.900. The zero-order valence-corrected chi connectivity index (χ0v) is 8.54. The van der Waals surface area contributed by atoms with Gasteiger partial charge < -0.3 is 16.0 Å². The SMILES string of the molecule is NC(=O)N(CC1CCCCN1)C1CC1. The Hall–Kier alpha value is -0.770. The zero-order valence-electron chi connectivity index (χ0n) is 8.54. The molecule has 1 unspecified atom stereocenters. The van der Waals surface area contributed by atoms with Crippen LogP contribution in [0.2, 0.25) is 0 Å². The molecule has 2 aliphatic rings. The summed E-state index contributed by atoms with van der Waals surface area (Å²) in [4.78, 5) is 13.0. The molecule has 1 aliphatic carbocycles. The summed E-state index contributed by atoms with van der Waals surface area (Å²) >= 11 is 0. The maximum absolute atomic E-state index is 11.2. The van der Waals surface area contributed by atoms with Crippen molar-refractivity contribution in [3.05, 3.63) is 0 Å². The lowest BCUT2D eigenvalue weighted by Crippen LogP contribution is -2.48. The predicted octanol–water partition coefficient (Wildman–Crippen LogP) is 0.672. The maximum atomic E-state index is 11.2. The molecule has 1 atom stereocenters. The Morgan fingerprint density at radius 3 is 2.64 bits per heavy atom. The summed E-state index contributed by atoms with van der Waals surface area (Å²) in [6.45, 7) is 1.89. The van der Waals surface area contributed by atoms with Gasteiger partial charge in [-0.2, -0.15) is 0 Å². The first-order chi connectivity index (χ1) is 6.77. The van der Waals surface area contributed by atoms with E-state index in [1.54, 1.807) is 0 Å². The lowest BCUT2D eigenvalue weighted by atomic mass is 10.0. The van der Waals surface area contributed by atoms with Gasteiger partial charge in [-0.05, 0) is 32.2 Å². The van der Waals surface area contributed by atoms with E-state index in [0.29, 0.717) is 12.1 Å². The molecule has 80 valence electrons. The second-order valence-electron chi connectivity index (χ2n) is 4.37. The minimum atomic E-state index is -0.250. The molecule has 14 heavy (non-hydrogen) atoms. The molecule has 2 rings (SSSR count). The van der Waals surface area contributed by atoms with Crippen molar-refractivity contribution in [1.82, 2.24) is 10.2 Å². The number of nitrogens with zero attached hydrogens (tertiary/aromatic N) is 1. The third-order valence-corrected chi connectivity index (χ3v) is 3.10. The monoisotopic (exact) mass is 197 g/mol. The Bertz CT molecular complexity index is 209. The Morgan fingerprint density at radius 1 is 1.36 bits per heavy atom. The Balaban J connectivity index is 1.82. The van der Waals surface area contributed by atoms with Crippen molar-refractivity contribution in [3.8, 4) is 0 Å². The topological polar surface area (TPSA) is 58.4 Å². The van der Waals surface area contributed by atoms with Crippen molar-refractivity contribution in [2.24, 2.45) is 5.73 Å². The van der Waals surface area contributed by atoms with Crippen LogP contribution in [0.4, 0.5) is 4.79 Å². The van der Waals surface area contributed by atoms with E-state index in [-0.39, 0.29) is 6.03 Å². The van der Waals surface area contributed by atoms with E-state index in [9.17, 15) is 4.79 Å². The number of nitrogens with one attached hydrogen (secondary N) is 1. The quantitative estimate of drug-likeness (QED) is 0.698. The number of nitrogens with two attached hydrogens (primary N) is 1. The number of amides is 2. The van der Waals surface area contributed by atoms with Crippen LogP contribution in [-0.4, -0.2) is 36.1 Å². The van der Waals surface area contributed by atoms with Crippen LogP contribution in [0.1, 0.15) is 32.1 Å². The minimum absolute atomic E-state index is 0.250. The molecule has 0 aromatic rings. The first kappa shape index (κ1) is 9.77. The minimum Gasteiger partial charge on any atom is -0.351 e. The lowest BCUT2D eigenvalue weighted by molar-refractivity contribution is 0.192. The second kappa shape index (κ2) is 4.17. The highest BCUT2D eigenvalue weighted by molar-refractivity contribution is 5.72.